The van der Waals surface area contributed by atoms with Crippen LogP contribution in [0.25, 0.3) is 56.6 Å². The molecule has 0 saturated carbocycles. The molecular formula is C40H30. The Labute approximate surface area is 236 Å². The third kappa shape index (κ3) is 5.62. The van der Waals surface area contributed by atoms with E-state index in [0.29, 0.717) is 0 Å². The Kier molecular flexibility index (Phi) is 7.60. The summed E-state index contributed by atoms with van der Waals surface area (Å²) in [5, 5.41) is 8.11. The fourth-order valence-corrected chi connectivity index (χ4v) is 5.23. The van der Waals surface area contributed by atoms with E-state index in [1.54, 1.807) is 0 Å². The average Bonchev–Trinajstić information content (AvgIpc) is 3.66. The van der Waals surface area contributed by atoms with Gasteiger partial charge in [0.1, 0.15) is 0 Å². The molecule has 190 valence electrons. The highest BCUT2D eigenvalue weighted by atomic mass is 14.1. The molecule has 9 rings (SSSR count). The molecule has 0 spiro atoms. The molecule has 0 bridgehead atoms. The van der Waals surface area contributed by atoms with Gasteiger partial charge in [0.25, 0.3) is 0 Å². The van der Waals surface area contributed by atoms with E-state index >= 15 is 0 Å². The third-order valence-corrected chi connectivity index (χ3v) is 7.15. The molecular weight excluding hydrogens is 480 g/mol. The summed E-state index contributed by atoms with van der Waals surface area (Å²) in [6.45, 7) is 0. The Hall–Kier alpha value is -5.20. The van der Waals surface area contributed by atoms with Crippen LogP contribution in [0.2, 0.25) is 0 Å². The molecule has 2 aliphatic carbocycles. The minimum atomic E-state index is 1.31. The summed E-state index contributed by atoms with van der Waals surface area (Å²) in [4.78, 5) is 0. The monoisotopic (exact) mass is 510 g/mol. The normalized spacial score (nSPS) is 11.3. The summed E-state index contributed by atoms with van der Waals surface area (Å²) in [6, 6.07) is 54.4. The molecule has 0 radical (unpaired) electrons. The Balaban J connectivity index is 0.0000000992. The van der Waals surface area contributed by atoms with Crippen molar-refractivity contribution < 1.29 is 0 Å². The Morgan fingerprint density at radius 1 is 0.200 bits per heavy atom. The minimum Gasteiger partial charge on any atom is -0.0623 e. The number of benzene rings is 7. The summed E-state index contributed by atoms with van der Waals surface area (Å²) < 4.78 is 0. The van der Waals surface area contributed by atoms with Gasteiger partial charge in [-0.05, 0) is 54.6 Å². The molecule has 0 atom stereocenters. The van der Waals surface area contributed by atoms with Gasteiger partial charge < -0.3 is 0 Å². The predicted octanol–water partition coefficient (Wildman–Crippen LogP) is 11.2. The lowest BCUT2D eigenvalue weighted by atomic mass is 10.0. The van der Waals surface area contributed by atoms with Crippen molar-refractivity contribution in [2.45, 2.75) is 0 Å². The molecule has 0 unspecified atom stereocenters. The lowest BCUT2D eigenvalue weighted by Crippen LogP contribution is -1.76. The van der Waals surface area contributed by atoms with Gasteiger partial charge in [-0.1, -0.05) is 182 Å². The van der Waals surface area contributed by atoms with Crippen molar-refractivity contribution in [2.75, 3.05) is 0 Å². The molecule has 0 heterocycles. The molecule has 0 N–H and O–H groups in total. The number of hydrogen-bond acceptors (Lipinski definition) is 0. The van der Waals surface area contributed by atoms with E-state index in [4.69, 9.17) is 0 Å². The first kappa shape index (κ1) is 25.1. The van der Waals surface area contributed by atoms with Crippen LogP contribution in [0.5, 0.6) is 0 Å². The van der Waals surface area contributed by atoms with Crippen LogP contribution in [0.3, 0.4) is 0 Å². The van der Waals surface area contributed by atoms with Crippen molar-refractivity contribution in [2.24, 2.45) is 0 Å². The van der Waals surface area contributed by atoms with Crippen LogP contribution >= 0.6 is 0 Å². The van der Waals surface area contributed by atoms with Crippen molar-refractivity contribution >= 4 is 56.6 Å². The largest absolute Gasteiger partial charge is 0.0623 e. The maximum absolute atomic E-state index is 2.18. The van der Waals surface area contributed by atoms with Crippen molar-refractivity contribution in [1.29, 1.82) is 0 Å². The minimum absolute atomic E-state index is 1.31. The van der Waals surface area contributed by atoms with E-state index in [0.717, 1.165) is 0 Å². The van der Waals surface area contributed by atoms with Crippen LogP contribution < -0.4 is 0 Å². The van der Waals surface area contributed by atoms with E-state index in [9.17, 15) is 0 Å². The molecule has 0 fully saturated rings. The van der Waals surface area contributed by atoms with Crippen LogP contribution in [0.4, 0.5) is 0 Å². The van der Waals surface area contributed by atoms with Crippen LogP contribution in [0.15, 0.2) is 158 Å². The molecule has 7 aromatic rings. The Morgan fingerprint density at radius 2 is 0.450 bits per heavy atom. The van der Waals surface area contributed by atoms with Gasteiger partial charge >= 0.3 is 0 Å². The zero-order chi connectivity index (χ0) is 27.0. The first-order valence-electron chi connectivity index (χ1n) is 13.7. The van der Waals surface area contributed by atoms with Crippen molar-refractivity contribution in [1.82, 2.24) is 0 Å². The van der Waals surface area contributed by atoms with Gasteiger partial charge in [0.05, 0.1) is 0 Å². The highest BCUT2D eigenvalue weighted by Crippen LogP contribution is 2.31. The van der Waals surface area contributed by atoms with Gasteiger partial charge in [-0.15, -0.1) is 0 Å². The van der Waals surface area contributed by atoms with Gasteiger partial charge in [0.2, 0.25) is 0 Å². The maximum Gasteiger partial charge on any atom is -0.00389 e. The fraction of sp³-hybridized carbons (Fsp3) is 0. The van der Waals surface area contributed by atoms with Gasteiger partial charge in [0, 0.05) is 0 Å². The van der Waals surface area contributed by atoms with Gasteiger partial charge in [0.15, 0.2) is 0 Å². The van der Waals surface area contributed by atoms with E-state index in [1.807, 2.05) is 36.4 Å². The van der Waals surface area contributed by atoms with Gasteiger partial charge in [-0.25, -0.2) is 0 Å². The van der Waals surface area contributed by atoms with E-state index in [2.05, 4.69) is 146 Å². The topological polar surface area (TPSA) is 0 Å². The van der Waals surface area contributed by atoms with Gasteiger partial charge in [-0.3, -0.25) is 0 Å². The molecule has 0 saturated heterocycles. The average molecular weight is 511 g/mol. The molecule has 0 heteroatoms. The van der Waals surface area contributed by atoms with Gasteiger partial charge in [-0.2, -0.15) is 0 Å². The first-order chi connectivity index (χ1) is 19.9. The maximum atomic E-state index is 2.18. The first-order valence-corrected chi connectivity index (χ1v) is 13.7. The quantitative estimate of drug-likeness (QED) is 0.190. The molecule has 0 nitrogen and oxygen atoms in total. The standard InChI is InChI=1S/2C12H8.C10H8.C6H6/c2*1-3-9-4-2-6-11-8-7-10(5-1)12(9)11;1-2-6-10-8-4-3-7-9(10)5-1;1-2-4-6-5-3-1/h2*1-8H;1-8H;1-6H. The van der Waals surface area contributed by atoms with Crippen molar-refractivity contribution in [3.05, 3.63) is 180 Å². The molecule has 40 heavy (non-hydrogen) atoms. The lowest BCUT2D eigenvalue weighted by Gasteiger charge is -1.99. The summed E-state index contributed by atoms with van der Waals surface area (Å²) in [6.07, 6.45) is 8.71. The number of fused-ring (bicyclic) bond motifs is 1. The van der Waals surface area contributed by atoms with E-state index < -0.39 is 0 Å². The summed E-state index contributed by atoms with van der Waals surface area (Å²) >= 11 is 0. The Morgan fingerprint density at radius 3 is 0.725 bits per heavy atom. The lowest BCUT2D eigenvalue weighted by molar-refractivity contribution is 1.72. The summed E-state index contributed by atoms with van der Waals surface area (Å²) in [5.74, 6) is 0. The highest BCUT2D eigenvalue weighted by molar-refractivity contribution is 6.05. The van der Waals surface area contributed by atoms with Crippen molar-refractivity contribution in [3.8, 4) is 0 Å². The summed E-state index contributed by atoms with van der Waals surface area (Å²) in [5.41, 5.74) is 5.40. The molecule has 2 aliphatic rings. The smallest absolute Gasteiger partial charge is 0.00389 e. The van der Waals surface area contributed by atoms with Crippen LogP contribution in [-0.2, 0) is 0 Å². The van der Waals surface area contributed by atoms with E-state index in [1.165, 1.54) is 54.6 Å². The fourth-order valence-electron chi connectivity index (χ4n) is 5.23. The SMILES string of the molecule is C1=Cc2cccc3cccc1c23.C1=Cc2cccc3cccc1c23.c1ccc2ccccc2c1.c1ccccc1. The zero-order valence-electron chi connectivity index (χ0n) is 22.3. The highest BCUT2D eigenvalue weighted by Gasteiger charge is 2.07. The third-order valence-electron chi connectivity index (χ3n) is 7.15. The number of hydrogen-bond donors (Lipinski definition) is 0. The zero-order valence-corrected chi connectivity index (χ0v) is 22.3. The molecule has 0 aliphatic heterocycles. The van der Waals surface area contributed by atoms with Crippen molar-refractivity contribution in [3.63, 3.8) is 0 Å². The molecule has 7 aromatic carbocycles. The second-order valence-corrected chi connectivity index (χ2v) is 9.75. The second-order valence-electron chi connectivity index (χ2n) is 9.75. The van der Waals surface area contributed by atoms with Crippen LogP contribution in [-0.4, -0.2) is 0 Å². The molecule has 0 amide bonds. The Bertz CT molecular complexity index is 1670. The molecule has 0 aromatic heterocycles. The predicted molar refractivity (Wildman–Crippen MR) is 176 cm³/mol. The van der Waals surface area contributed by atoms with Crippen LogP contribution in [0, 0.1) is 0 Å². The van der Waals surface area contributed by atoms with Crippen LogP contribution in [0.1, 0.15) is 22.3 Å². The summed E-state index contributed by atoms with van der Waals surface area (Å²) in [7, 11) is 0. The van der Waals surface area contributed by atoms with E-state index in [-0.39, 0.29) is 0 Å². The second kappa shape index (κ2) is 12.1. The number of rotatable bonds is 0.